The molecule has 2 aromatic heterocycles. The Hall–Kier alpha value is -2.89. The van der Waals surface area contributed by atoms with Crippen LogP contribution in [0.15, 0.2) is 41.1 Å². The molecule has 0 saturated heterocycles. The Morgan fingerprint density at radius 3 is 2.74 bits per heavy atom. The van der Waals surface area contributed by atoms with Gasteiger partial charge in [-0.2, -0.15) is 4.98 Å². The van der Waals surface area contributed by atoms with Crippen LogP contribution >= 0.6 is 0 Å². The van der Waals surface area contributed by atoms with Crippen molar-refractivity contribution in [2.24, 2.45) is 0 Å². The first-order chi connectivity index (χ1) is 11.0. The Morgan fingerprint density at radius 2 is 2.04 bits per heavy atom. The van der Waals surface area contributed by atoms with Gasteiger partial charge in [0.15, 0.2) is 5.82 Å². The number of aryl methyl sites for hydroxylation is 3. The van der Waals surface area contributed by atoms with Crippen molar-refractivity contribution in [1.29, 1.82) is 0 Å². The van der Waals surface area contributed by atoms with E-state index < -0.39 is 0 Å². The van der Waals surface area contributed by atoms with Crippen molar-refractivity contribution in [2.75, 3.05) is 5.32 Å². The van der Waals surface area contributed by atoms with E-state index in [1.165, 1.54) is 5.56 Å². The lowest BCUT2D eigenvalue weighted by molar-refractivity contribution is 0.101. The van der Waals surface area contributed by atoms with E-state index in [0.29, 0.717) is 24.0 Å². The Balaban J connectivity index is 1.77. The zero-order chi connectivity index (χ0) is 16.4. The van der Waals surface area contributed by atoms with Crippen molar-refractivity contribution in [1.82, 2.24) is 14.7 Å². The van der Waals surface area contributed by atoms with Crippen LogP contribution < -0.4 is 5.32 Å². The molecule has 1 N–H and O–H groups in total. The second-order valence-electron chi connectivity index (χ2n) is 5.50. The molecule has 0 saturated carbocycles. The minimum atomic E-state index is -0.168. The molecule has 1 aromatic carbocycles. The monoisotopic (exact) mass is 310 g/mol. The summed E-state index contributed by atoms with van der Waals surface area (Å²) in [5.41, 5.74) is 3.66. The summed E-state index contributed by atoms with van der Waals surface area (Å²) >= 11 is 0. The van der Waals surface area contributed by atoms with Crippen molar-refractivity contribution >= 4 is 11.6 Å². The molecule has 0 aliphatic carbocycles. The van der Waals surface area contributed by atoms with Crippen LogP contribution in [0.25, 0.3) is 0 Å². The normalized spacial score (nSPS) is 10.7. The third-order valence-corrected chi connectivity index (χ3v) is 3.71. The standard InChI is InChI=1S/C17H18N4O2/c1-11-6-7-14(9-12(11)2)19-17(22)15-5-4-8-21(15)10-16-18-13(3)23-20-16/h4-9H,10H2,1-3H3,(H,19,22). The number of carbonyl (C=O) groups excluding carboxylic acids is 1. The fourth-order valence-corrected chi connectivity index (χ4v) is 2.33. The molecule has 1 amide bonds. The highest BCUT2D eigenvalue weighted by atomic mass is 16.5. The molecule has 6 heteroatoms. The SMILES string of the molecule is Cc1nc(Cn2cccc2C(=O)Nc2ccc(C)c(C)c2)no1. The van der Waals surface area contributed by atoms with Crippen LogP contribution in [-0.2, 0) is 6.54 Å². The van der Waals surface area contributed by atoms with Gasteiger partial charge in [-0.1, -0.05) is 11.2 Å². The number of benzene rings is 1. The van der Waals surface area contributed by atoms with Crippen LogP contribution in [0.2, 0.25) is 0 Å². The van der Waals surface area contributed by atoms with Gasteiger partial charge in [0.25, 0.3) is 5.91 Å². The van der Waals surface area contributed by atoms with E-state index >= 15 is 0 Å². The number of carbonyl (C=O) groups is 1. The molecule has 3 aromatic rings. The summed E-state index contributed by atoms with van der Waals surface area (Å²) in [6.07, 6.45) is 1.82. The summed E-state index contributed by atoms with van der Waals surface area (Å²) < 4.78 is 6.75. The van der Waals surface area contributed by atoms with Gasteiger partial charge in [-0.25, -0.2) is 0 Å². The molecule has 6 nitrogen and oxygen atoms in total. The zero-order valence-electron chi connectivity index (χ0n) is 13.3. The van der Waals surface area contributed by atoms with Gasteiger partial charge in [-0.3, -0.25) is 4.79 Å². The molecule has 0 aliphatic heterocycles. The lowest BCUT2D eigenvalue weighted by Crippen LogP contribution is -2.17. The number of anilines is 1. The second-order valence-corrected chi connectivity index (χ2v) is 5.50. The Kier molecular flexibility index (Phi) is 3.97. The number of aromatic nitrogens is 3. The number of rotatable bonds is 4. The van der Waals surface area contributed by atoms with Crippen LogP contribution in [0.3, 0.4) is 0 Å². The lowest BCUT2D eigenvalue weighted by Gasteiger charge is -2.09. The van der Waals surface area contributed by atoms with Gasteiger partial charge < -0.3 is 14.4 Å². The van der Waals surface area contributed by atoms with Gasteiger partial charge in [0, 0.05) is 18.8 Å². The molecule has 2 heterocycles. The highest BCUT2D eigenvalue weighted by molar-refractivity contribution is 6.03. The minimum absolute atomic E-state index is 0.168. The maximum atomic E-state index is 12.5. The van der Waals surface area contributed by atoms with Crippen LogP contribution in [0.1, 0.15) is 33.3 Å². The van der Waals surface area contributed by atoms with Crippen molar-refractivity contribution in [2.45, 2.75) is 27.3 Å². The largest absolute Gasteiger partial charge is 0.340 e. The van der Waals surface area contributed by atoms with Crippen LogP contribution in [0.4, 0.5) is 5.69 Å². The van der Waals surface area contributed by atoms with E-state index in [9.17, 15) is 4.79 Å². The Bertz CT molecular complexity index is 848. The van der Waals surface area contributed by atoms with Crippen molar-refractivity contribution in [3.8, 4) is 0 Å². The molecule has 118 valence electrons. The third kappa shape index (κ3) is 3.31. The summed E-state index contributed by atoms with van der Waals surface area (Å²) in [5, 5.41) is 6.78. The van der Waals surface area contributed by atoms with E-state index in [4.69, 9.17) is 4.52 Å². The first-order valence-corrected chi connectivity index (χ1v) is 7.36. The highest BCUT2D eigenvalue weighted by Gasteiger charge is 2.13. The third-order valence-electron chi connectivity index (χ3n) is 3.71. The maximum Gasteiger partial charge on any atom is 0.272 e. The van der Waals surface area contributed by atoms with E-state index in [2.05, 4.69) is 15.5 Å². The second kappa shape index (κ2) is 6.08. The van der Waals surface area contributed by atoms with Gasteiger partial charge in [-0.15, -0.1) is 0 Å². The van der Waals surface area contributed by atoms with Gasteiger partial charge in [0.1, 0.15) is 5.69 Å². The van der Waals surface area contributed by atoms with E-state index in [0.717, 1.165) is 11.3 Å². The average molecular weight is 310 g/mol. The highest BCUT2D eigenvalue weighted by Crippen LogP contribution is 2.16. The van der Waals surface area contributed by atoms with E-state index in [1.807, 2.05) is 44.3 Å². The molecule has 0 atom stereocenters. The topological polar surface area (TPSA) is 73.0 Å². The van der Waals surface area contributed by atoms with Crippen LogP contribution in [-0.4, -0.2) is 20.6 Å². The lowest BCUT2D eigenvalue weighted by atomic mass is 10.1. The van der Waals surface area contributed by atoms with Gasteiger partial charge in [-0.05, 0) is 49.2 Å². The molecule has 23 heavy (non-hydrogen) atoms. The summed E-state index contributed by atoms with van der Waals surface area (Å²) in [4.78, 5) is 16.7. The fourth-order valence-electron chi connectivity index (χ4n) is 2.33. The number of nitrogens with zero attached hydrogens (tertiary/aromatic N) is 3. The molecular formula is C17H18N4O2. The molecule has 0 bridgehead atoms. The summed E-state index contributed by atoms with van der Waals surface area (Å²) in [7, 11) is 0. The molecule has 0 spiro atoms. The smallest absolute Gasteiger partial charge is 0.272 e. The summed E-state index contributed by atoms with van der Waals surface area (Å²) in [6.45, 7) is 6.19. The number of hydrogen-bond acceptors (Lipinski definition) is 4. The fraction of sp³-hybridized carbons (Fsp3) is 0.235. The van der Waals surface area contributed by atoms with Gasteiger partial charge in [0.05, 0.1) is 6.54 Å². The van der Waals surface area contributed by atoms with Crippen molar-refractivity contribution < 1.29 is 9.32 Å². The van der Waals surface area contributed by atoms with Gasteiger partial charge in [0.2, 0.25) is 5.89 Å². The molecule has 0 radical (unpaired) electrons. The number of nitrogens with one attached hydrogen (secondary N) is 1. The summed E-state index contributed by atoms with van der Waals surface area (Å²) in [6, 6.07) is 9.44. The summed E-state index contributed by atoms with van der Waals surface area (Å²) in [5.74, 6) is 0.880. The maximum absolute atomic E-state index is 12.5. The first kappa shape index (κ1) is 15.0. The van der Waals surface area contributed by atoms with Crippen LogP contribution in [0, 0.1) is 20.8 Å². The minimum Gasteiger partial charge on any atom is -0.340 e. The number of hydrogen-bond donors (Lipinski definition) is 1. The van der Waals surface area contributed by atoms with E-state index in [-0.39, 0.29) is 5.91 Å². The van der Waals surface area contributed by atoms with Crippen molar-refractivity contribution in [3.63, 3.8) is 0 Å². The molecule has 0 unspecified atom stereocenters. The Morgan fingerprint density at radius 1 is 1.22 bits per heavy atom. The van der Waals surface area contributed by atoms with Crippen molar-refractivity contribution in [3.05, 3.63) is 65.1 Å². The molecular weight excluding hydrogens is 292 g/mol. The number of amides is 1. The molecule has 0 fully saturated rings. The zero-order valence-corrected chi connectivity index (χ0v) is 13.3. The van der Waals surface area contributed by atoms with Crippen LogP contribution in [0.5, 0.6) is 0 Å². The first-order valence-electron chi connectivity index (χ1n) is 7.36. The predicted octanol–water partition coefficient (Wildman–Crippen LogP) is 3.10. The molecule has 3 rings (SSSR count). The quantitative estimate of drug-likeness (QED) is 0.803. The average Bonchev–Trinajstić information content (AvgIpc) is 3.12. The van der Waals surface area contributed by atoms with E-state index in [1.54, 1.807) is 17.6 Å². The molecule has 0 aliphatic rings. The Labute approximate surface area is 134 Å². The van der Waals surface area contributed by atoms with Gasteiger partial charge >= 0.3 is 0 Å². The predicted molar refractivity (Wildman–Crippen MR) is 86.4 cm³/mol.